The first-order valence-electron chi connectivity index (χ1n) is 7.27. The summed E-state index contributed by atoms with van der Waals surface area (Å²) in [6, 6.07) is 19.6. The SMILES string of the molecule is Cc1cc(Cl)c(N2c3ccccc3Oc3ccccc32)c(Cl)c1. The number of hydrogen-bond acceptors (Lipinski definition) is 2. The van der Waals surface area contributed by atoms with Crippen LogP contribution < -0.4 is 9.64 Å². The van der Waals surface area contributed by atoms with Gasteiger partial charge in [0.1, 0.15) is 0 Å². The molecule has 0 saturated carbocycles. The maximum atomic E-state index is 6.53. The van der Waals surface area contributed by atoms with Crippen molar-refractivity contribution in [2.45, 2.75) is 6.92 Å². The maximum Gasteiger partial charge on any atom is 0.151 e. The van der Waals surface area contributed by atoms with Gasteiger partial charge in [0.2, 0.25) is 0 Å². The molecule has 23 heavy (non-hydrogen) atoms. The second-order valence-electron chi connectivity index (χ2n) is 5.45. The minimum atomic E-state index is 0.613. The highest BCUT2D eigenvalue weighted by Crippen LogP contribution is 2.53. The molecule has 0 N–H and O–H groups in total. The number of nitrogens with zero attached hydrogens (tertiary/aromatic N) is 1. The molecule has 0 unspecified atom stereocenters. The molecule has 0 fully saturated rings. The van der Waals surface area contributed by atoms with Crippen LogP contribution in [0.4, 0.5) is 17.1 Å². The Morgan fingerprint density at radius 2 is 1.26 bits per heavy atom. The molecular weight excluding hydrogens is 329 g/mol. The van der Waals surface area contributed by atoms with E-state index in [4.69, 9.17) is 27.9 Å². The molecule has 3 aromatic rings. The van der Waals surface area contributed by atoms with Crippen molar-refractivity contribution in [3.8, 4) is 11.5 Å². The fourth-order valence-corrected chi connectivity index (χ4v) is 3.62. The predicted molar refractivity (Wildman–Crippen MR) is 96.0 cm³/mol. The Kier molecular flexibility index (Phi) is 3.44. The van der Waals surface area contributed by atoms with Gasteiger partial charge in [0.15, 0.2) is 11.5 Å². The Bertz CT molecular complexity index is 839. The van der Waals surface area contributed by atoms with Gasteiger partial charge in [-0.15, -0.1) is 0 Å². The standard InChI is InChI=1S/C19H13Cl2NO/c1-12-10-13(20)19(14(21)11-12)22-15-6-2-4-8-17(15)23-18-9-5-3-7-16(18)22/h2-11H,1H3. The van der Waals surface area contributed by atoms with Crippen LogP contribution in [0.25, 0.3) is 0 Å². The lowest BCUT2D eigenvalue weighted by atomic mass is 10.1. The van der Waals surface area contributed by atoms with E-state index in [1.165, 1.54) is 0 Å². The Morgan fingerprint density at radius 3 is 1.78 bits per heavy atom. The lowest BCUT2D eigenvalue weighted by molar-refractivity contribution is 0.477. The van der Waals surface area contributed by atoms with Crippen molar-refractivity contribution in [1.29, 1.82) is 0 Å². The second-order valence-corrected chi connectivity index (χ2v) is 6.26. The van der Waals surface area contributed by atoms with E-state index >= 15 is 0 Å². The smallest absolute Gasteiger partial charge is 0.151 e. The topological polar surface area (TPSA) is 12.5 Å². The molecule has 114 valence electrons. The van der Waals surface area contributed by atoms with E-state index in [2.05, 4.69) is 4.90 Å². The number of rotatable bonds is 1. The van der Waals surface area contributed by atoms with Crippen LogP contribution >= 0.6 is 23.2 Å². The Labute approximate surface area is 144 Å². The number of fused-ring (bicyclic) bond motifs is 2. The Balaban J connectivity index is 2.02. The molecule has 0 atom stereocenters. The number of benzene rings is 3. The summed E-state index contributed by atoms with van der Waals surface area (Å²) in [6.45, 7) is 1.97. The van der Waals surface area contributed by atoms with Crippen LogP contribution in [0.15, 0.2) is 60.7 Å². The molecule has 1 aliphatic heterocycles. The molecule has 0 amide bonds. The van der Waals surface area contributed by atoms with E-state index in [0.29, 0.717) is 10.0 Å². The van der Waals surface area contributed by atoms with Gasteiger partial charge in [-0.05, 0) is 48.9 Å². The third-order valence-electron chi connectivity index (χ3n) is 3.82. The van der Waals surface area contributed by atoms with Crippen LogP contribution in [-0.2, 0) is 0 Å². The summed E-state index contributed by atoms with van der Waals surface area (Å²) < 4.78 is 6.00. The number of aryl methyl sites for hydroxylation is 1. The quantitative estimate of drug-likeness (QED) is 0.374. The third kappa shape index (κ3) is 2.35. The van der Waals surface area contributed by atoms with Crippen LogP contribution in [0.5, 0.6) is 11.5 Å². The molecule has 1 heterocycles. The monoisotopic (exact) mass is 341 g/mol. The van der Waals surface area contributed by atoms with Crippen LogP contribution in [-0.4, -0.2) is 0 Å². The molecule has 0 aromatic heterocycles. The normalized spacial score (nSPS) is 12.4. The van der Waals surface area contributed by atoms with Gasteiger partial charge >= 0.3 is 0 Å². The van der Waals surface area contributed by atoms with Crippen molar-refractivity contribution >= 4 is 40.3 Å². The van der Waals surface area contributed by atoms with Crippen LogP contribution in [0.2, 0.25) is 10.0 Å². The fraction of sp³-hybridized carbons (Fsp3) is 0.0526. The van der Waals surface area contributed by atoms with Crippen molar-refractivity contribution in [1.82, 2.24) is 0 Å². The molecule has 1 aliphatic rings. The fourth-order valence-electron chi connectivity index (χ4n) is 2.85. The molecule has 4 rings (SSSR count). The molecule has 4 heteroatoms. The zero-order valence-electron chi connectivity index (χ0n) is 12.4. The number of hydrogen-bond donors (Lipinski definition) is 0. The summed E-state index contributed by atoms with van der Waals surface area (Å²) >= 11 is 13.1. The molecule has 0 aliphatic carbocycles. The average molecular weight is 342 g/mol. The zero-order chi connectivity index (χ0) is 16.0. The molecule has 0 saturated heterocycles. The lowest BCUT2D eigenvalue weighted by Crippen LogP contribution is -2.16. The summed E-state index contributed by atoms with van der Waals surface area (Å²) in [5.41, 5.74) is 3.62. The zero-order valence-corrected chi connectivity index (χ0v) is 13.9. The first kappa shape index (κ1) is 14.4. The third-order valence-corrected chi connectivity index (χ3v) is 4.39. The van der Waals surface area contributed by atoms with Gasteiger partial charge in [-0.1, -0.05) is 47.5 Å². The summed E-state index contributed by atoms with van der Waals surface area (Å²) in [4.78, 5) is 2.05. The predicted octanol–water partition coefficient (Wildman–Crippen LogP) is 6.88. The largest absolute Gasteiger partial charge is 0.453 e. The van der Waals surface area contributed by atoms with Gasteiger partial charge < -0.3 is 9.64 Å². The highest BCUT2D eigenvalue weighted by Gasteiger charge is 2.28. The van der Waals surface area contributed by atoms with E-state index in [1.54, 1.807) is 0 Å². The van der Waals surface area contributed by atoms with E-state index in [9.17, 15) is 0 Å². The van der Waals surface area contributed by atoms with Crippen molar-refractivity contribution in [2.75, 3.05) is 4.90 Å². The lowest BCUT2D eigenvalue weighted by Gasteiger charge is -2.33. The van der Waals surface area contributed by atoms with Gasteiger partial charge in [-0.25, -0.2) is 0 Å². The second kappa shape index (κ2) is 5.48. The Morgan fingerprint density at radius 1 is 0.783 bits per heavy atom. The van der Waals surface area contributed by atoms with Gasteiger partial charge in [0, 0.05) is 0 Å². The van der Waals surface area contributed by atoms with Crippen molar-refractivity contribution in [3.63, 3.8) is 0 Å². The highest BCUT2D eigenvalue weighted by atomic mass is 35.5. The summed E-state index contributed by atoms with van der Waals surface area (Å²) in [5.74, 6) is 1.55. The van der Waals surface area contributed by atoms with Gasteiger partial charge in [-0.2, -0.15) is 0 Å². The van der Waals surface area contributed by atoms with E-state index in [-0.39, 0.29) is 0 Å². The highest BCUT2D eigenvalue weighted by molar-refractivity contribution is 6.39. The number of ether oxygens (including phenoxy) is 1. The van der Waals surface area contributed by atoms with Gasteiger partial charge in [0.25, 0.3) is 0 Å². The van der Waals surface area contributed by atoms with Gasteiger partial charge in [-0.3, -0.25) is 0 Å². The van der Waals surface area contributed by atoms with Crippen molar-refractivity contribution < 1.29 is 4.74 Å². The molecule has 2 nitrogen and oxygen atoms in total. The average Bonchev–Trinajstić information content (AvgIpc) is 2.53. The number of anilines is 3. The molecule has 0 bridgehead atoms. The maximum absolute atomic E-state index is 6.53. The summed E-state index contributed by atoms with van der Waals surface area (Å²) in [5, 5.41) is 1.23. The Hall–Kier alpha value is -2.16. The van der Waals surface area contributed by atoms with E-state index in [0.717, 1.165) is 34.1 Å². The van der Waals surface area contributed by atoms with E-state index in [1.807, 2.05) is 67.6 Å². The van der Waals surface area contributed by atoms with Crippen LogP contribution in [0.3, 0.4) is 0 Å². The minimum absolute atomic E-state index is 0.613. The summed E-state index contributed by atoms with van der Waals surface area (Å²) in [6.07, 6.45) is 0. The minimum Gasteiger partial charge on any atom is -0.453 e. The molecule has 0 spiro atoms. The van der Waals surface area contributed by atoms with Gasteiger partial charge in [0.05, 0.1) is 27.1 Å². The first-order valence-corrected chi connectivity index (χ1v) is 8.02. The van der Waals surface area contributed by atoms with Crippen LogP contribution in [0, 0.1) is 6.92 Å². The molecule has 3 aromatic carbocycles. The van der Waals surface area contributed by atoms with Crippen molar-refractivity contribution in [2.24, 2.45) is 0 Å². The molecular formula is C19H13Cl2NO. The number of para-hydroxylation sites is 4. The van der Waals surface area contributed by atoms with E-state index < -0.39 is 0 Å². The number of halogens is 2. The first-order chi connectivity index (χ1) is 11.1. The summed E-state index contributed by atoms with van der Waals surface area (Å²) in [7, 11) is 0. The van der Waals surface area contributed by atoms with Crippen LogP contribution in [0.1, 0.15) is 5.56 Å². The molecule has 0 radical (unpaired) electrons. The van der Waals surface area contributed by atoms with Crippen molar-refractivity contribution in [3.05, 3.63) is 76.3 Å².